The molecule has 0 saturated carbocycles. The fraction of sp³-hybridized carbons (Fsp3) is 0.423. The average Bonchev–Trinajstić information content (AvgIpc) is 3.27. The van der Waals surface area contributed by atoms with Crippen molar-refractivity contribution in [2.45, 2.75) is 24.6 Å². The summed E-state index contributed by atoms with van der Waals surface area (Å²) in [4.78, 5) is 42.9. The van der Waals surface area contributed by atoms with Gasteiger partial charge in [0.15, 0.2) is 0 Å². The van der Waals surface area contributed by atoms with Gasteiger partial charge in [0.1, 0.15) is 23.3 Å². The number of nitrogens with zero attached hydrogens (tertiary/aromatic N) is 2. The van der Waals surface area contributed by atoms with Gasteiger partial charge in [0, 0.05) is 50.7 Å². The summed E-state index contributed by atoms with van der Waals surface area (Å²) in [6, 6.07) is 11.3. The van der Waals surface area contributed by atoms with Crippen molar-refractivity contribution < 1.29 is 33.0 Å². The number of piperidine rings is 1. The topological polar surface area (TPSA) is 97.4 Å². The van der Waals surface area contributed by atoms with E-state index in [0.29, 0.717) is 56.0 Å². The second-order valence-corrected chi connectivity index (χ2v) is 8.76. The van der Waals surface area contributed by atoms with Crippen LogP contribution in [-0.2, 0) is 14.3 Å². The number of halogens is 1. The van der Waals surface area contributed by atoms with Crippen molar-refractivity contribution in [3.63, 3.8) is 0 Å². The Morgan fingerprint density at radius 2 is 1.78 bits per heavy atom. The van der Waals surface area contributed by atoms with E-state index in [4.69, 9.17) is 14.2 Å². The molecule has 0 bridgehead atoms. The average molecular weight is 500 g/mol. The summed E-state index contributed by atoms with van der Waals surface area (Å²) in [7, 11) is 3.06. The molecule has 0 unspecified atom stereocenters. The largest absolute Gasteiger partial charge is 0.497 e. The summed E-state index contributed by atoms with van der Waals surface area (Å²) in [5.74, 6) is -0.787. The summed E-state index contributed by atoms with van der Waals surface area (Å²) in [5.41, 5.74) is -0.277. The quantitative estimate of drug-likeness (QED) is 0.586. The lowest BCUT2D eigenvalue weighted by atomic mass is 9.96. The molecule has 2 aliphatic heterocycles. The van der Waals surface area contributed by atoms with Crippen LogP contribution < -0.4 is 10.1 Å². The van der Waals surface area contributed by atoms with Gasteiger partial charge in [-0.2, -0.15) is 0 Å². The Kier molecular flexibility index (Phi) is 7.85. The number of methoxy groups -OCH3 is 2. The van der Waals surface area contributed by atoms with E-state index in [-0.39, 0.29) is 24.3 Å². The third kappa shape index (κ3) is 5.19. The van der Waals surface area contributed by atoms with Gasteiger partial charge in [-0.25, -0.2) is 4.39 Å². The van der Waals surface area contributed by atoms with E-state index in [0.717, 1.165) is 0 Å². The highest BCUT2D eigenvalue weighted by Gasteiger charge is 2.54. The molecule has 9 nitrogen and oxygen atoms in total. The molecule has 0 aliphatic carbocycles. The zero-order valence-electron chi connectivity index (χ0n) is 20.4. The van der Waals surface area contributed by atoms with Crippen LogP contribution in [0, 0.1) is 5.82 Å². The molecule has 1 atom stereocenters. The lowest BCUT2D eigenvalue weighted by Crippen LogP contribution is -2.60. The maximum Gasteiger partial charge on any atom is 0.257 e. The van der Waals surface area contributed by atoms with Crippen molar-refractivity contribution in [2.75, 3.05) is 47.1 Å². The first-order valence-electron chi connectivity index (χ1n) is 11.8. The predicted octanol–water partition coefficient (Wildman–Crippen LogP) is 2.07. The van der Waals surface area contributed by atoms with E-state index in [1.165, 1.54) is 36.3 Å². The van der Waals surface area contributed by atoms with E-state index in [1.54, 1.807) is 36.3 Å². The predicted molar refractivity (Wildman–Crippen MR) is 128 cm³/mol. The fourth-order valence-electron chi connectivity index (χ4n) is 4.69. The number of carbonyl (C=O) groups is 3. The van der Waals surface area contributed by atoms with Gasteiger partial charge in [0.05, 0.1) is 20.3 Å². The molecule has 3 amide bonds. The van der Waals surface area contributed by atoms with Gasteiger partial charge in [0.25, 0.3) is 11.8 Å². The summed E-state index contributed by atoms with van der Waals surface area (Å²) in [6.45, 7) is 1.32. The molecule has 2 aromatic carbocycles. The molecule has 2 aromatic rings. The van der Waals surface area contributed by atoms with Crippen molar-refractivity contribution in [1.29, 1.82) is 0 Å². The highest BCUT2D eigenvalue weighted by molar-refractivity contribution is 5.99. The number of benzene rings is 2. The summed E-state index contributed by atoms with van der Waals surface area (Å²) < 4.78 is 29.7. The lowest BCUT2D eigenvalue weighted by Gasteiger charge is -2.44. The molecule has 2 heterocycles. The summed E-state index contributed by atoms with van der Waals surface area (Å²) >= 11 is 0. The summed E-state index contributed by atoms with van der Waals surface area (Å²) in [6.07, 6.45) is 0.662. The number of nitrogens with one attached hydrogen (secondary N) is 1. The van der Waals surface area contributed by atoms with Crippen molar-refractivity contribution in [2.24, 2.45) is 0 Å². The zero-order valence-corrected chi connectivity index (χ0v) is 20.4. The molecule has 1 N–H and O–H groups in total. The van der Waals surface area contributed by atoms with Crippen LogP contribution in [0.25, 0.3) is 0 Å². The molecule has 36 heavy (non-hydrogen) atoms. The monoisotopic (exact) mass is 499 g/mol. The third-order valence-corrected chi connectivity index (χ3v) is 6.63. The molecule has 10 heteroatoms. The van der Waals surface area contributed by atoms with Crippen LogP contribution in [0.3, 0.4) is 0 Å². The first kappa shape index (κ1) is 25.6. The standard InChI is InChI=1S/C26H30FN3O6/c1-34-15-12-28-23(31)22-17-36-26(30(22)25(33)19-4-3-5-21(16-19)35-2)10-13-29(14-11-26)24(32)18-6-8-20(27)9-7-18/h3-9,16,22H,10-15,17H2,1-2H3,(H,28,31)/t22-/m1/s1. The number of amides is 3. The third-order valence-electron chi connectivity index (χ3n) is 6.63. The van der Waals surface area contributed by atoms with Gasteiger partial charge in [-0.15, -0.1) is 0 Å². The maximum absolute atomic E-state index is 13.8. The first-order valence-corrected chi connectivity index (χ1v) is 11.8. The Morgan fingerprint density at radius 3 is 2.44 bits per heavy atom. The van der Waals surface area contributed by atoms with E-state index < -0.39 is 17.6 Å². The second kappa shape index (κ2) is 11.0. The molecule has 1 spiro atoms. The van der Waals surface area contributed by atoms with Crippen LogP contribution in [0.4, 0.5) is 4.39 Å². The minimum atomic E-state index is -1.04. The highest BCUT2D eigenvalue weighted by Crippen LogP contribution is 2.39. The van der Waals surface area contributed by atoms with E-state index in [1.807, 2.05) is 0 Å². The summed E-state index contributed by atoms with van der Waals surface area (Å²) in [5, 5.41) is 2.80. The Balaban J connectivity index is 1.56. The number of carbonyl (C=O) groups excluding carboxylic acids is 3. The highest BCUT2D eigenvalue weighted by atomic mass is 19.1. The Morgan fingerprint density at radius 1 is 1.06 bits per heavy atom. The van der Waals surface area contributed by atoms with Gasteiger partial charge in [-0.05, 0) is 42.5 Å². The fourth-order valence-corrected chi connectivity index (χ4v) is 4.69. The first-order chi connectivity index (χ1) is 17.4. The minimum absolute atomic E-state index is 0.0421. The Bertz CT molecular complexity index is 1100. The van der Waals surface area contributed by atoms with Crippen LogP contribution in [0.15, 0.2) is 48.5 Å². The van der Waals surface area contributed by atoms with Gasteiger partial charge in [0.2, 0.25) is 5.91 Å². The van der Waals surface area contributed by atoms with Gasteiger partial charge in [-0.1, -0.05) is 6.07 Å². The molecule has 2 saturated heterocycles. The normalized spacial score (nSPS) is 18.8. The smallest absolute Gasteiger partial charge is 0.257 e. The molecule has 192 valence electrons. The number of hydrogen-bond donors (Lipinski definition) is 1. The number of rotatable bonds is 7. The van der Waals surface area contributed by atoms with E-state index >= 15 is 0 Å². The Labute approximate surface area is 209 Å². The molecule has 2 fully saturated rings. The molecule has 0 aromatic heterocycles. The van der Waals surface area contributed by atoms with E-state index in [9.17, 15) is 18.8 Å². The van der Waals surface area contributed by atoms with Crippen LogP contribution in [0.5, 0.6) is 5.75 Å². The zero-order chi connectivity index (χ0) is 25.7. The van der Waals surface area contributed by atoms with Crippen LogP contribution in [0.1, 0.15) is 33.6 Å². The second-order valence-electron chi connectivity index (χ2n) is 8.76. The minimum Gasteiger partial charge on any atom is -0.497 e. The number of likely N-dealkylation sites (tertiary alicyclic amines) is 1. The van der Waals surface area contributed by atoms with Crippen molar-refractivity contribution in [3.8, 4) is 5.75 Å². The lowest BCUT2D eigenvalue weighted by molar-refractivity contribution is -0.128. The van der Waals surface area contributed by atoms with Crippen LogP contribution in [-0.4, -0.2) is 86.4 Å². The number of ether oxygens (including phenoxy) is 3. The molecule has 4 rings (SSSR count). The van der Waals surface area contributed by atoms with Gasteiger partial charge in [-0.3, -0.25) is 19.3 Å². The molecule has 0 radical (unpaired) electrons. The molecular weight excluding hydrogens is 469 g/mol. The van der Waals surface area contributed by atoms with E-state index in [2.05, 4.69) is 5.32 Å². The number of hydrogen-bond acceptors (Lipinski definition) is 6. The SMILES string of the molecule is COCCNC(=O)[C@H]1COC2(CCN(C(=O)c3ccc(F)cc3)CC2)N1C(=O)c1cccc(OC)c1. The van der Waals surface area contributed by atoms with Gasteiger partial charge >= 0.3 is 0 Å². The van der Waals surface area contributed by atoms with Crippen molar-refractivity contribution in [1.82, 2.24) is 15.1 Å². The molecule has 2 aliphatic rings. The Hall–Kier alpha value is -3.50. The molecular formula is C26H30FN3O6. The van der Waals surface area contributed by atoms with Crippen LogP contribution in [0.2, 0.25) is 0 Å². The van der Waals surface area contributed by atoms with Crippen molar-refractivity contribution >= 4 is 17.7 Å². The van der Waals surface area contributed by atoms with Crippen LogP contribution >= 0.6 is 0 Å². The van der Waals surface area contributed by atoms with Gasteiger partial charge < -0.3 is 24.4 Å². The van der Waals surface area contributed by atoms with Crippen molar-refractivity contribution in [3.05, 3.63) is 65.5 Å². The maximum atomic E-state index is 13.8.